The van der Waals surface area contributed by atoms with E-state index in [0.29, 0.717) is 0 Å². The fraction of sp³-hybridized carbons (Fsp3) is 0.400. The molecule has 2 heterocycles. The van der Waals surface area contributed by atoms with Gasteiger partial charge in [0.1, 0.15) is 0 Å². The SMILES string of the molecule is Cc1c(C)c(C)c2c(c1C)c1c(C)c(C)c(C)c(-c3c(C)c(C)c(C)c4c5c(C)c(C)c(C)c(C)c5n(C)c34)c1n2C. The Morgan fingerprint density at radius 2 is 0.452 bits per heavy atom. The molecule has 0 bridgehead atoms. The van der Waals surface area contributed by atoms with Crippen molar-refractivity contribution in [2.45, 2.75) is 96.9 Å². The monoisotopic (exact) mass is 556 g/mol. The summed E-state index contributed by atoms with van der Waals surface area (Å²) in [6.07, 6.45) is 0. The van der Waals surface area contributed by atoms with E-state index < -0.39 is 0 Å². The molecule has 0 radical (unpaired) electrons. The topological polar surface area (TPSA) is 9.86 Å². The summed E-state index contributed by atoms with van der Waals surface area (Å²) in [6.45, 7) is 32.6. The molecule has 0 N–H and O–H groups in total. The quantitative estimate of drug-likeness (QED) is 0.191. The average Bonchev–Trinajstić information content (AvgIpc) is 3.43. The fourth-order valence-electron chi connectivity index (χ4n) is 8.43. The van der Waals surface area contributed by atoms with Gasteiger partial charge in [0.05, 0.1) is 22.1 Å². The second-order valence-corrected chi connectivity index (χ2v) is 13.5. The van der Waals surface area contributed by atoms with E-state index in [-0.39, 0.29) is 0 Å². The maximum Gasteiger partial charge on any atom is 0.0575 e. The van der Waals surface area contributed by atoms with Crippen LogP contribution in [0.5, 0.6) is 0 Å². The van der Waals surface area contributed by atoms with Crippen molar-refractivity contribution in [3.05, 3.63) is 77.9 Å². The molecule has 2 nitrogen and oxygen atoms in total. The number of aryl methyl sites for hydroxylation is 8. The summed E-state index contributed by atoms with van der Waals surface area (Å²) in [5.74, 6) is 0. The van der Waals surface area contributed by atoms with Gasteiger partial charge in [0.25, 0.3) is 0 Å². The third-order valence-corrected chi connectivity index (χ3v) is 12.1. The van der Waals surface area contributed by atoms with Crippen molar-refractivity contribution in [3.8, 4) is 11.1 Å². The van der Waals surface area contributed by atoms with Crippen LogP contribution in [-0.4, -0.2) is 9.13 Å². The lowest BCUT2D eigenvalue weighted by molar-refractivity contribution is 0.995. The number of hydrogen-bond donors (Lipinski definition) is 0. The zero-order valence-electron chi connectivity index (χ0n) is 28.9. The van der Waals surface area contributed by atoms with E-state index in [2.05, 4.69) is 120 Å². The van der Waals surface area contributed by atoms with Crippen molar-refractivity contribution in [1.82, 2.24) is 9.13 Å². The van der Waals surface area contributed by atoms with Gasteiger partial charge in [0, 0.05) is 46.8 Å². The normalized spacial score (nSPS) is 12.3. The highest BCUT2D eigenvalue weighted by Gasteiger charge is 2.29. The third kappa shape index (κ3) is 3.16. The Bertz CT molecular complexity index is 2060. The molecule has 42 heavy (non-hydrogen) atoms. The van der Waals surface area contributed by atoms with Crippen molar-refractivity contribution in [1.29, 1.82) is 0 Å². The summed E-state index contributed by atoms with van der Waals surface area (Å²) in [5.41, 5.74) is 28.0. The van der Waals surface area contributed by atoms with Gasteiger partial charge in [-0.1, -0.05) is 0 Å². The summed E-state index contributed by atoms with van der Waals surface area (Å²) in [5, 5.41) is 5.72. The first-order valence-electron chi connectivity index (χ1n) is 15.5. The standard InChI is InChI=1S/C40H48N2/c1-17-19(3)29(13)37-31(23(17)7)33-25(9)21(5)27(11)35(39(33)41(37)15)36-28(12)22(6)26(10)34-32-24(8)18(2)20(4)30(14)38(32)42(16)40(34)36/h1-16H3. The molecule has 0 spiro atoms. The summed E-state index contributed by atoms with van der Waals surface area (Å²) in [6, 6.07) is 0. The molecular formula is C40H48N2. The number of aromatic nitrogens is 2. The minimum Gasteiger partial charge on any atom is -0.343 e. The number of benzene rings is 4. The van der Waals surface area contributed by atoms with E-state index in [4.69, 9.17) is 0 Å². The first kappa shape index (κ1) is 28.6. The maximum atomic E-state index is 2.53. The van der Waals surface area contributed by atoms with Crippen molar-refractivity contribution < 1.29 is 0 Å². The number of rotatable bonds is 1. The van der Waals surface area contributed by atoms with Crippen molar-refractivity contribution in [3.63, 3.8) is 0 Å². The van der Waals surface area contributed by atoms with E-state index in [9.17, 15) is 0 Å². The zero-order valence-corrected chi connectivity index (χ0v) is 28.9. The van der Waals surface area contributed by atoms with Crippen molar-refractivity contribution in [2.24, 2.45) is 14.1 Å². The maximum absolute atomic E-state index is 2.53. The minimum atomic E-state index is 1.38. The lowest BCUT2D eigenvalue weighted by atomic mass is 9.83. The van der Waals surface area contributed by atoms with Crippen molar-refractivity contribution in [2.75, 3.05) is 0 Å². The van der Waals surface area contributed by atoms with E-state index >= 15 is 0 Å². The van der Waals surface area contributed by atoms with E-state index in [1.165, 1.54) is 133 Å². The Kier molecular flexibility index (Phi) is 6.12. The summed E-state index contributed by atoms with van der Waals surface area (Å²) < 4.78 is 5.06. The first-order chi connectivity index (χ1) is 19.6. The van der Waals surface area contributed by atoms with Gasteiger partial charge in [-0.2, -0.15) is 0 Å². The van der Waals surface area contributed by atoms with E-state index in [0.717, 1.165) is 0 Å². The van der Waals surface area contributed by atoms with Crippen LogP contribution in [0.3, 0.4) is 0 Å². The van der Waals surface area contributed by atoms with Gasteiger partial charge in [-0.05, 0) is 175 Å². The van der Waals surface area contributed by atoms with Crippen LogP contribution >= 0.6 is 0 Å². The lowest BCUT2D eigenvalue weighted by Gasteiger charge is -2.22. The van der Waals surface area contributed by atoms with Crippen LogP contribution in [0.15, 0.2) is 0 Å². The van der Waals surface area contributed by atoms with Crippen LogP contribution in [0.2, 0.25) is 0 Å². The zero-order chi connectivity index (χ0) is 31.0. The minimum absolute atomic E-state index is 1.38. The smallest absolute Gasteiger partial charge is 0.0575 e. The molecule has 6 aromatic rings. The molecule has 4 aromatic carbocycles. The molecule has 0 saturated carbocycles. The number of hydrogen-bond acceptors (Lipinski definition) is 0. The Balaban J connectivity index is 2.01. The predicted molar refractivity (Wildman–Crippen MR) is 186 cm³/mol. The molecule has 0 atom stereocenters. The van der Waals surface area contributed by atoms with Gasteiger partial charge < -0.3 is 9.13 Å². The van der Waals surface area contributed by atoms with Gasteiger partial charge in [-0.25, -0.2) is 0 Å². The highest BCUT2D eigenvalue weighted by Crippen LogP contribution is 2.50. The largest absolute Gasteiger partial charge is 0.343 e. The molecule has 2 heteroatoms. The number of nitrogens with zero attached hydrogens (tertiary/aromatic N) is 2. The molecule has 0 saturated heterocycles. The predicted octanol–water partition coefficient (Wildman–Crippen LogP) is 11.0. The van der Waals surface area contributed by atoms with Gasteiger partial charge in [-0.15, -0.1) is 0 Å². The van der Waals surface area contributed by atoms with Crippen LogP contribution in [0, 0.1) is 96.9 Å². The molecule has 0 fully saturated rings. The molecule has 2 aromatic heterocycles. The molecular weight excluding hydrogens is 508 g/mol. The van der Waals surface area contributed by atoms with Crippen LogP contribution < -0.4 is 0 Å². The van der Waals surface area contributed by atoms with E-state index in [1.54, 1.807) is 0 Å². The lowest BCUT2D eigenvalue weighted by Crippen LogP contribution is -2.03. The molecule has 218 valence electrons. The highest BCUT2D eigenvalue weighted by atomic mass is 15.0. The first-order valence-corrected chi connectivity index (χ1v) is 15.5. The Hall–Kier alpha value is -3.52. The molecule has 6 rings (SSSR count). The molecule has 0 unspecified atom stereocenters. The second-order valence-electron chi connectivity index (χ2n) is 13.5. The van der Waals surface area contributed by atoms with Crippen LogP contribution in [0.1, 0.15) is 77.9 Å². The van der Waals surface area contributed by atoms with Crippen LogP contribution in [-0.2, 0) is 14.1 Å². The van der Waals surface area contributed by atoms with Crippen LogP contribution in [0.25, 0.3) is 54.7 Å². The van der Waals surface area contributed by atoms with Crippen LogP contribution in [0.4, 0.5) is 0 Å². The average molecular weight is 557 g/mol. The summed E-state index contributed by atoms with van der Waals surface area (Å²) in [7, 11) is 4.61. The van der Waals surface area contributed by atoms with Crippen molar-refractivity contribution >= 4 is 43.6 Å². The van der Waals surface area contributed by atoms with Gasteiger partial charge in [0.15, 0.2) is 0 Å². The molecule has 0 aliphatic rings. The molecule has 0 aliphatic carbocycles. The third-order valence-electron chi connectivity index (χ3n) is 12.1. The number of fused-ring (bicyclic) bond motifs is 6. The molecule has 0 amide bonds. The molecule has 0 aliphatic heterocycles. The van der Waals surface area contributed by atoms with Gasteiger partial charge in [0.2, 0.25) is 0 Å². The summed E-state index contributed by atoms with van der Waals surface area (Å²) >= 11 is 0. The highest BCUT2D eigenvalue weighted by molar-refractivity contribution is 6.23. The Labute approximate surface area is 252 Å². The second kappa shape index (κ2) is 8.99. The summed E-state index contributed by atoms with van der Waals surface area (Å²) in [4.78, 5) is 0. The fourth-order valence-corrected chi connectivity index (χ4v) is 8.43. The Morgan fingerprint density at radius 3 is 0.738 bits per heavy atom. The van der Waals surface area contributed by atoms with Gasteiger partial charge >= 0.3 is 0 Å². The Morgan fingerprint density at radius 1 is 0.238 bits per heavy atom. The van der Waals surface area contributed by atoms with Gasteiger partial charge in [-0.3, -0.25) is 0 Å². The van der Waals surface area contributed by atoms with E-state index in [1.807, 2.05) is 0 Å².